The van der Waals surface area contributed by atoms with Gasteiger partial charge in [0.25, 0.3) is 0 Å². The Labute approximate surface area is 82.9 Å². The van der Waals surface area contributed by atoms with Crippen LogP contribution in [0.25, 0.3) is 0 Å². The predicted octanol–water partition coefficient (Wildman–Crippen LogP) is -1.22. The molecule has 0 aromatic carbocycles. The Hall–Kier alpha value is -1.50. The number of nitrogens with two attached hydrogens (primary N) is 1. The number of Topliss-reactive ketones (excluding diaryl/α,β-unsaturated/α-hetero) is 1. The van der Waals surface area contributed by atoms with E-state index in [4.69, 9.17) is 15.9 Å². The molecule has 82 valence electrons. The van der Waals surface area contributed by atoms with E-state index in [1.165, 1.54) is 0 Å². The van der Waals surface area contributed by atoms with Gasteiger partial charge >= 0.3 is 11.9 Å². The van der Waals surface area contributed by atoms with Crippen LogP contribution < -0.4 is 5.73 Å². The molecule has 0 spiro atoms. The maximum atomic E-state index is 13.7. The van der Waals surface area contributed by atoms with Crippen molar-refractivity contribution in [2.75, 3.05) is 0 Å². The largest absolute Gasteiger partial charge is 0.480 e. The molecule has 2 saturated carbocycles. The van der Waals surface area contributed by atoms with Crippen molar-refractivity contribution in [2.45, 2.75) is 17.6 Å². The SMILES string of the molecule is N[C@@]1(C(=O)O)CC(=O)C2[C@H]1C2(F)C(=O)O. The molecule has 0 heterocycles. The zero-order valence-corrected chi connectivity index (χ0v) is 7.44. The van der Waals surface area contributed by atoms with Crippen LogP contribution in [0.2, 0.25) is 0 Å². The first-order valence-corrected chi connectivity index (χ1v) is 4.23. The van der Waals surface area contributed by atoms with E-state index in [1.54, 1.807) is 0 Å². The molecule has 0 saturated heterocycles. The summed E-state index contributed by atoms with van der Waals surface area (Å²) in [5.41, 5.74) is 0.503. The van der Waals surface area contributed by atoms with Crippen LogP contribution in [0.3, 0.4) is 0 Å². The highest BCUT2D eigenvalue weighted by Gasteiger charge is 2.85. The molecule has 15 heavy (non-hydrogen) atoms. The van der Waals surface area contributed by atoms with Crippen molar-refractivity contribution in [1.82, 2.24) is 0 Å². The second-order valence-electron chi connectivity index (χ2n) is 4.02. The number of alkyl halides is 1. The normalized spacial score (nSPS) is 47.5. The van der Waals surface area contributed by atoms with Gasteiger partial charge in [0.15, 0.2) is 0 Å². The lowest BCUT2D eigenvalue weighted by Gasteiger charge is -2.21. The third-order valence-electron chi connectivity index (χ3n) is 3.22. The maximum absolute atomic E-state index is 13.7. The number of carbonyl (C=O) groups is 3. The van der Waals surface area contributed by atoms with E-state index >= 15 is 0 Å². The summed E-state index contributed by atoms with van der Waals surface area (Å²) in [7, 11) is 0. The number of aliphatic carboxylic acids is 2. The monoisotopic (exact) mass is 217 g/mol. The molecule has 4 atom stereocenters. The first-order valence-electron chi connectivity index (χ1n) is 4.23. The Morgan fingerprint density at radius 1 is 1.40 bits per heavy atom. The molecule has 6 nitrogen and oxygen atoms in total. The smallest absolute Gasteiger partial charge is 0.342 e. The molecule has 0 bridgehead atoms. The number of carbonyl (C=O) groups excluding carboxylic acids is 1. The third kappa shape index (κ3) is 0.883. The van der Waals surface area contributed by atoms with Crippen molar-refractivity contribution in [1.29, 1.82) is 0 Å². The van der Waals surface area contributed by atoms with E-state index in [9.17, 15) is 18.8 Å². The molecular formula is C8H8FNO5. The highest BCUT2D eigenvalue weighted by molar-refractivity contribution is 6.06. The lowest BCUT2D eigenvalue weighted by molar-refractivity contribution is -0.151. The van der Waals surface area contributed by atoms with Gasteiger partial charge in [-0.1, -0.05) is 0 Å². The van der Waals surface area contributed by atoms with Crippen molar-refractivity contribution in [2.24, 2.45) is 17.6 Å². The number of rotatable bonds is 2. The fourth-order valence-corrected chi connectivity index (χ4v) is 2.43. The minimum Gasteiger partial charge on any atom is -0.480 e. The number of carboxylic acid groups (broad SMARTS) is 2. The topological polar surface area (TPSA) is 118 Å². The van der Waals surface area contributed by atoms with Crippen molar-refractivity contribution >= 4 is 17.7 Å². The molecule has 2 aliphatic carbocycles. The lowest BCUT2D eigenvalue weighted by atomic mass is 9.90. The second kappa shape index (κ2) is 2.35. The third-order valence-corrected chi connectivity index (χ3v) is 3.22. The van der Waals surface area contributed by atoms with Crippen LogP contribution >= 0.6 is 0 Å². The van der Waals surface area contributed by atoms with Crippen molar-refractivity contribution in [3.05, 3.63) is 0 Å². The highest BCUT2D eigenvalue weighted by atomic mass is 19.1. The molecule has 2 fully saturated rings. The van der Waals surface area contributed by atoms with Gasteiger partial charge < -0.3 is 15.9 Å². The van der Waals surface area contributed by atoms with Gasteiger partial charge in [0, 0.05) is 12.3 Å². The van der Waals surface area contributed by atoms with Crippen LogP contribution in [0.1, 0.15) is 6.42 Å². The molecule has 2 rings (SSSR count). The average molecular weight is 217 g/mol. The fraction of sp³-hybridized carbons (Fsp3) is 0.625. The number of halogens is 1. The van der Waals surface area contributed by atoms with Crippen LogP contribution in [0.5, 0.6) is 0 Å². The number of carboxylic acids is 2. The molecule has 2 aliphatic rings. The summed E-state index contributed by atoms with van der Waals surface area (Å²) in [5.74, 6) is -6.91. The van der Waals surface area contributed by atoms with Gasteiger partial charge in [0.2, 0.25) is 5.67 Å². The van der Waals surface area contributed by atoms with E-state index in [1.807, 2.05) is 0 Å². The molecule has 0 aromatic heterocycles. The van der Waals surface area contributed by atoms with E-state index in [0.29, 0.717) is 0 Å². The molecule has 0 amide bonds. The Morgan fingerprint density at radius 2 is 1.93 bits per heavy atom. The van der Waals surface area contributed by atoms with Crippen LogP contribution in [-0.2, 0) is 14.4 Å². The minimum absolute atomic E-state index is 0.503. The molecule has 0 aromatic rings. The van der Waals surface area contributed by atoms with Gasteiger partial charge in [-0.15, -0.1) is 0 Å². The van der Waals surface area contributed by atoms with E-state index in [2.05, 4.69) is 0 Å². The molecular weight excluding hydrogens is 209 g/mol. The maximum Gasteiger partial charge on any atom is 0.342 e. The quantitative estimate of drug-likeness (QED) is 0.533. The average Bonchev–Trinajstić information content (AvgIpc) is 2.63. The first-order chi connectivity index (χ1) is 6.76. The zero-order valence-electron chi connectivity index (χ0n) is 7.44. The van der Waals surface area contributed by atoms with Crippen molar-refractivity contribution in [3.63, 3.8) is 0 Å². The number of hydrogen-bond donors (Lipinski definition) is 3. The van der Waals surface area contributed by atoms with Gasteiger partial charge in [-0.05, 0) is 0 Å². The van der Waals surface area contributed by atoms with E-state index < -0.39 is 47.2 Å². The van der Waals surface area contributed by atoms with Crippen molar-refractivity contribution in [3.8, 4) is 0 Å². The summed E-state index contributed by atoms with van der Waals surface area (Å²) in [6.45, 7) is 0. The Bertz CT molecular complexity index is 396. The molecule has 2 unspecified atom stereocenters. The number of fused-ring (bicyclic) bond motifs is 1. The fourth-order valence-electron chi connectivity index (χ4n) is 2.43. The summed E-state index contributed by atoms with van der Waals surface area (Å²) in [6, 6.07) is 0. The van der Waals surface area contributed by atoms with E-state index in [0.717, 1.165) is 0 Å². The summed E-state index contributed by atoms with van der Waals surface area (Å²) < 4.78 is 13.7. The summed E-state index contributed by atoms with van der Waals surface area (Å²) in [4.78, 5) is 32.6. The zero-order chi connectivity index (χ0) is 11.6. The minimum atomic E-state index is -2.79. The molecule has 4 N–H and O–H groups in total. The van der Waals surface area contributed by atoms with Crippen molar-refractivity contribution < 1.29 is 29.0 Å². The molecule has 0 aliphatic heterocycles. The standard InChI is InChI=1S/C8H8FNO5/c9-8(6(14)15)3-2(11)1-7(10,4(3)8)5(12)13/h3-4H,1,10H2,(H,12,13)(H,14,15)/t3?,4-,7+,8?/m1/s1. The van der Waals surface area contributed by atoms with Gasteiger partial charge in [0.1, 0.15) is 11.3 Å². The lowest BCUT2D eigenvalue weighted by Crippen LogP contribution is -2.52. The summed E-state index contributed by atoms with van der Waals surface area (Å²) in [5, 5.41) is 17.3. The van der Waals surface area contributed by atoms with E-state index in [-0.39, 0.29) is 0 Å². The Balaban J connectivity index is 2.42. The predicted molar refractivity (Wildman–Crippen MR) is 42.6 cm³/mol. The highest BCUT2D eigenvalue weighted by Crippen LogP contribution is 2.64. The Kier molecular flexibility index (Phi) is 1.57. The number of ketones is 1. The molecule has 7 heteroatoms. The van der Waals surface area contributed by atoms with Gasteiger partial charge in [-0.2, -0.15) is 0 Å². The van der Waals surface area contributed by atoms with Crippen LogP contribution in [-0.4, -0.2) is 39.1 Å². The van der Waals surface area contributed by atoms with Crippen LogP contribution in [0.4, 0.5) is 4.39 Å². The summed E-state index contributed by atoms with van der Waals surface area (Å²) >= 11 is 0. The Morgan fingerprint density at radius 3 is 2.27 bits per heavy atom. The van der Waals surface area contributed by atoms with Gasteiger partial charge in [0.05, 0.1) is 5.92 Å². The summed E-state index contributed by atoms with van der Waals surface area (Å²) in [6.07, 6.45) is -0.503. The van der Waals surface area contributed by atoms with Crippen LogP contribution in [0.15, 0.2) is 0 Å². The first kappa shape index (κ1) is 10.0. The molecule has 0 radical (unpaired) electrons. The van der Waals surface area contributed by atoms with Gasteiger partial charge in [-0.25, -0.2) is 9.18 Å². The number of hydrogen-bond acceptors (Lipinski definition) is 4. The van der Waals surface area contributed by atoms with Crippen LogP contribution in [0, 0.1) is 11.8 Å². The second-order valence-corrected chi connectivity index (χ2v) is 4.02. The van der Waals surface area contributed by atoms with Gasteiger partial charge in [-0.3, -0.25) is 9.59 Å².